The summed E-state index contributed by atoms with van der Waals surface area (Å²) in [4.78, 5) is 14.5. The first-order chi connectivity index (χ1) is 9.54. The summed E-state index contributed by atoms with van der Waals surface area (Å²) in [7, 11) is 1.93. The van der Waals surface area contributed by atoms with Gasteiger partial charge in [-0.2, -0.15) is 0 Å². The van der Waals surface area contributed by atoms with E-state index >= 15 is 0 Å². The first-order valence-corrected chi connectivity index (χ1v) is 7.47. The second-order valence-corrected chi connectivity index (χ2v) is 5.77. The summed E-state index contributed by atoms with van der Waals surface area (Å²) in [6.07, 6.45) is 5.68. The standard InChI is InChI=1S/C13H18BrN3O3/c1-8-10(17(18)19)7-16-13(12(8)14)20-11-6-4-3-5-9(11)15-2/h7,9,11,15H,3-6H2,1-2H3. The predicted molar refractivity (Wildman–Crippen MR) is 79.1 cm³/mol. The van der Waals surface area contributed by atoms with Crippen molar-refractivity contribution in [1.82, 2.24) is 10.3 Å². The van der Waals surface area contributed by atoms with E-state index in [0.29, 0.717) is 22.0 Å². The van der Waals surface area contributed by atoms with Gasteiger partial charge in [0.2, 0.25) is 5.88 Å². The Morgan fingerprint density at radius 2 is 2.20 bits per heavy atom. The average molecular weight is 344 g/mol. The Labute approximate surface area is 126 Å². The molecule has 0 aliphatic heterocycles. The molecular weight excluding hydrogens is 326 g/mol. The van der Waals surface area contributed by atoms with E-state index < -0.39 is 4.92 Å². The largest absolute Gasteiger partial charge is 0.472 e. The Kier molecular flexibility index (Phi) is 4.93. The zero-order valence-corrected chi connectivity index (χ0v) is 13.1. The maximum atomic E-state index is 10.9. The Morgan fingerprint density at radius 1 is 1.50 bits per heavy atom. The highest BCUT2D eigenvalue weighted by molar-refractivity contribution is 9.10. The number of aromatic nitrogens is 1. The fourth-order valence-electron chi connectivity index (χ4n) is 2.52. The quantitative estimate of drug-likeness (QED) is 0.671. The van der Waals surface area contributed by atoms with Crippen LogP contribution in [0.3, 0.4) is 0 Å². The van der Waals surface area contributed by atoms with Gasteiger partial charge in [-0.1, -0.05) is 6.42 Å². The van der Waals surface area contributed by atoms with E-state index in [2.05, 4.69) is 26.2 Å². The van der Waals surface area contributed by atoms with E-state index in [9.17, 15) is 10.1 Å². The number of rotatable bonds is 4. The van der Waals surface area contributed by atoms with Crippen molar-refractivity contribution in [3.05, 3.63) is 26.3 Å². The van der Waals surface area contributed by atoms with Gasteiger partial charge < -0.3 is 10.1 Å². The third-order valence-electron chi connectivity index (χ3n) is 3.74. The van der Waals surface area contributed by atoms with E-state index in [1.165, 1.54) is 12.6 Å². The summed E-state index contributed by atoms with van der Waals surface area (Å²) in [5, 5.41) is 14.1. The zero-order chi connectivity index (χ0) is 14.7. The Balaban J connectivity index is 2.21. The molecule has 2 rings (SSSR count). The third kappa shape index (κ3) is 3.09. The number of nitrogens with zero attached hydrogens (tertiary/aromatic N) is 2. The SMILES string of the molecule is CNC1CCCCC1Oc1ncc([N+](=O)[O-])c(C)c1Br. The van der Waals surface area contributed by atoms with Gasteiger partial charge in [-0.3, -0.25) is 10.1 Å². The molecule has 1 aromatic heterocycles. The van der Waals surface area contributed by atoms with Gasteiger partial charge in [-0.05, 0) is 49.2 Å². The van der Waals surface area contributed by atoms with Crippen LogP contribution in [0.2, 0.25) is 0 Å². The minimum atomic E-state index is -0.437. The van der Waals surface area contributed by atoms with E-state index in [-0.39, 0.29) is 11.8 Å². The van der Waals surface area contributed by atoms with Gasteiger partial charge >= 0.3 is 0 Å². The smallest absolute Gasteiger partial charge is 0.291 e. The highest BCUT2D eigenvalue weighted by Crippen LogP contribution is 2.34. The molecule has 1 aromatic rings. The molecule has 0 radical (unpaired) electrons. The topological polar surface area (TPSA) is 77.3 Å². The average Bonchev–Trinajstić information content (AvgIpc) is 2.44. The monoisotopic (exact) mass is 343 g/mol. The molecule has 7 heteroatoms. The number of pyridine rings is 1. The van der Waals surface area contributed by atoms with Gasteiger partial charge in [0.05, 0.1) is 9.40 Å². The molecule has 6 nitrogen and oxygen atoms in total. The van der Waals surface area contributed by atoms with Gasteiger partial charge in [0.15, 0.2) is 0 Å². The van der Waals surface area contributed by atoms with Crippen LogP contribution in [0, 0.1) is 17.0 Å². The van der Waals surface area contributed by atoms with Crippen LogP contribution >= 0.6 is 15.9 Å². The van der Waals surface area contributed by atoms with Crippen molar-refractivity contribution in [2.75, 3.05) is 7.05 Å². The summed E-state index contributed by atoms with van der Waals surface area (Å²) in [5.74, 6) is 0.431. The molecule has 20 heavy (non-hydrogen) atoms. The Morgan fingerprint density at radius 3 is 2.85 bits per heavy atom. The van der Waals surface area contributed by atoms with Crippen LogP contribution in [0.1, 0.15) is 31.2 Å². The molecule has 110 valence electrons. The van der Waals surface area contributed by atoms with Gasteiger partial charge in [-0.25, -0.2) is 4.98 Å². The zero-order valence-electron chi connectivity index (χ0n) is 11.6. The van der Waals surface area contributed by atoms with Crippen molar-refractivity contribution in [3.8, 4) is 5.88 Å². The molecular formula is C13H18BrN3O3. The fraction of sp³-hybridized carbons (Fsp3) is 0.615. The van der Waals surface area contributed by atoms with Crippen LogP contribution in [0.5, 0.6) is 5.88 Å². The van der Waals surface area contributed by atoms with Crippen LogP contribution in [-0.2, 0) is 0 Å². The fourth-order valence-corrected chi connectivity index (χ4v) is 2.92. The Hall–Kier alpha value is -1.21. The number of likely N-dealkylation sites (N-methyl/N-ethyl adjacent to an activating group) is 1. The van der Waals surface area contributed by atoms with E-state index in [4.69, 9.17) is 4.74 Å². The van der Waals surface area contributed by atoms with Crippen molar-refractivity contribution >= 4 is 21.6 Å². The Bertz CT molecular complexity index is 510. The predicted octanol–water partition coefficient (Wildman–Crippen LogP) is 2.97. The van der Waals surface area contributed by atoms with Crippen LogP contribution < -0.4 is 10.1 Å². The summed E-state index contributed by atoms with van der Waals surface area (Å²) in [5.41, 5.74) is 0.537. The lowest BCUT2D eigenvalue weighted by atomic mass is 9.92. The highest BCUT2D eigenvalue weighted by Gasteiger charge is 2.27. The number of nitrogens with one attached hydrogen (secondary N) is 1. The molecule has 0 aromatic carbocycles. The normalized spacial score (nSPS) is 22.6. The molecule has 1 aliphatic carbocycles. The van der Waals surface area contributed by atoms with Crippen molar-refractivity contribution in [1.29, 1.82) is 0 Å². The van der Waals surface area contributed by atoms with Crippen molar-refractivity contribution < 1.29 is 9.66 Å². The van der Waals surface area contributed by atoms with E-state index in [1.54, 1.807) is 6.92 Å². The van der Waals surface area contributed by atoms with Crippen LogP contribution in [-0.4, -0.2) is 29.1 Å². The van der Waals surface area contributed by atoms with E-state index in [0.717, 1.165) is 19.3 Å². The molecule has 1 saturated carbocycles. The van der Waals surface area contributed by atoms with E-state index in [1.807, 2.05) is 7.05 Å². The molecule has 2 atom stereocenters. The first-order valence-electron chi connectivity index (χ1n) is 6.68. The molecule has 0 amide bonds. The van der Waals surface area contributed by atoms with Crippen LogP contribution in [0.4, 0.5) is 5.69 Å². The summed E-state index contributed by atoms with van der Waals surface area (Å²) in [6.45, 7) is 1.69. The molecule has 2 unspecified atom stereocenters. The van der Waals surface area contributed by atoms with Gasteiger partial charge in [0.1, 0.15) is 12.3 Å². The maximum absolute atomic E-state index is 10.9. The maximum Gasteiger partial charge on any atom is 0.291 e. The lowest BCUT2D eigenvalue weighted by Crippen LogP contribution is -2.43. The first kappa shape index (κ1) is 15.2. The molecule has 1 fully saturated rings. The van der Waals surface area contributed by atoms with Crippen molar-refractivity contribution in [2.24, 2.45) is 0 Å². The minimum absolute atomic E-state index is 0.00182. The number of hydrogen-bond donors (Lipinski definition) is 1. The van der Waals surface area contributed by atoms with Crippen molar-refractivity contribution in [2.45, 2.75) is 44.8 Å². The molecule has 0 bridgehead atoms. The molecule has 1 aliphatic rings. The summed E-state index contributed by atoms with van der Waals surface area (Å²) >= 11 is 3.36. The lowest BCUT2D eigenvalue weighted by molar-refractivity contribution is -0.385. The van der Waals surface area contributed by atoms with Gasteiger partial charge in [0.25, 0.3) is 5.69 Å². The van der Waals surface area contributed by atoms with Crippen LogP contribution in [0.15, 0.2) is 10.7 Å². The van der Waals surface area contributed by atoms with Gasteiger partial charge in [-0.15, -0.1) is 0 Å². The number of halogens is 1. The van der Waals surface area contributed by atoms with Crippen LogP contribution in [0.25, 0.3) is 0 Å². The number of nitro groups is 1. The summed E-state index contributed by atoms with van der Waals surface area (Å²) in [6, 6.07) is 0.299. The van der Waals surface area contributed by atoms with Crippen molar-refractivity contribution in [3.63, 3.8) is 0 Å². The highest BCUT2D eigenvalue weighted by atomic mass is 79.9. The summed E-state index contributed by atoms with van der Waals surface area (Å²) < 4.78 is 6.52. The second kappa shape index (κ2) is 6.49. The molecule has 1 heterocycles. The number of ether oxygens (including phenoxy) is 1. The molecule has 0 saturated heterocycles. The molecule has 0 spiro atoms. The number of hydrogen-bond acceptors (Lipinski definition) is 5. The van der Waals surface area contributed by atoms with Gasteiger partial charge in [0, 0.05) is 11.6 Å². The molecule has 1 N–H and O–H groups in total. The lowest BCUT2D eigenvalue weighted by Gasteiger charge is -2.31. The second-order valence-electron chi connectivity index (χ2n) is 4.98. The minimum Gasteiger partial charge on any atom is -0.472 e. The third-order valence-corrected chi connectivity index (χ3v) is 4.67.